The number of benzene rings is 1. The molecule has 3 rings (SSSR count). The molecule has 0 N–H and O–H groups in total. The molecular weight excluding hydrogens is 444 g/mol. The van der Waals surface area contributed by atoms with E-state index in [1.165, 1.54) is 17.3 Å². The van der Waals surface area contributed by atoms with Crippen LogP contribution in [-0.2, 0) is 27.1 Å². The summed E-state index contributed by atoms with van der Waals surface area (Å²) in [5.74, 6) is 1.40. The molecule has 0 saturated carbocycles. The van der Waals surface area contributed by atoms with Crippen LogP contribution in [0, 0.1) is 5.92 Å². The summed E-state index contributed by atoms with van der Waals surface area (Å²) < 4.78 is 25.8. The molecule has 0 bridgehead atoms. The summed E-state index contributed by atoms with van der Waals surface area (Å²) in [5, 5.41) is 9.28. The number of aromatic nitrogens is 3. The molecule has 32 heavy (non-hydrogen) atoms. The number of sulfone groups is 1. The fourth-order valence-electron chi connectivity index (χ4n) is 3.89. The van der Waals surface area contributed by atoms with Gasteiger partial charge in [-0.05, 0) is 23.3 Å². The van der Waals surface area contributed by atoms with E-state index in [-0.39, 0.29) is 40.5 Å². The third kappa shape index (κ3) is 5.92. The average molecular weight is 479 g/mol. The molecule has 2 heterocycles. The lowest BCUT2D eigenvalue weighted by molar-refractivity contribution is -0.130. The smallest absolute Gasteiger partial charge is 0.233 e. The Morgan fingerprint density at radius 2 is 1.88 bits per heavy atom. The molecular formula is C23H34N4O3S2. The maximum absolute atomic E-state index is 13.0. The summed E-state index contributed by atoms with van der Waals surface area (Å²) in [4.78, 5) is 14.8. The first kappa shape index (κ1) is 24.8. The molecule has 0 radical (unpaired) electrons. The summed E-state index contributed by atoms with van der Waals surface area (Å²) in [7, 11) is -1.15. The Kier molecular flexibility index (Phi) is 7.39. The first-order valence-electron chi connectivity index (χ1n) is 11.0. The summed E-state index contributed by atoms with van der Waals surface area (Å²) in [6.45, 7) is 11.2. The van der Waals surface area contributed by atoms with E-state index < -0.39 is 9.84 Å². The lowest BCUT2D eigenvalue weighted by Gasteiger charge is -2.29. The Labute approximate surface area is 195 Å². The zero-order valence-electron chi connectivity index (χ0n) is 19.8. The molecule has 2 aromatic rings. The summed E-state index contributed by atoms with van der Waals surface area (Å²) in [6, 6.07) is 8.09. The van der Waals surface area contributed by atoms with Gasteiger partial charge in [0, 0.05) is 25.2 Å². The fourth-order valence-corrected chi connectivity index (χ4v) is 6.42. The van der Waals surface area contributed by atoms with Crippen molar-refractivity contribution in [1.82, 2.24) is 19.7 Å². The molecule has 1 atom stereocenters. The molecule has 0 spiro atoms. The van der Waals surface area contributed by atoms with Crippen LogP contribution in [0.15, 0.2) is 29.4 Å². The van der Waals surface area contributed by atoms with Crippen LogP contribution in [0.5, 0.6) is 0 Å². The minimum atomic E-state index is -3.05. The van der Waals surface area contributed by atoms with E-state index in [0.717, 1.165) is 11.4 Å². The highest BCUT2D eigenvalue weighted by Crippen LogP contribution is 2.27. The molecule has 7 nitrogen and oxygen atoms in total. The third-order valence-corrected chi connectivity index (χ3v) is 8.46. The Morgan fingerprint density at radius 1 is 1.22 bits per heavy atom. The topological polar surface area (TPSA) is 85.2 Å². The van der Waals surface area contributed by atoms with E-state index in [9.17, 15) is 13.2 Å². The van der Waals surface area contributed by atoms with E-state index in [0.29, 0.717) is 18.1 Å². The lowest BCUT2D eigenvalue weighted by Crippen LogP contribution is -2.44. The van der Waals surface area contributed by atoms with E-state index >= 15 is 0 Å². The molecule has 1 aromatic heterocycles. The second-order valence-electron chi connectivity index (χ2n) is 9.98. The van der Waals surface area contributed by atoms with Crippen molar-refractivity contribution in [2.24, 2.45) is 13.0 Å². The molecule has 1 fully saturated rings. The monoisotopic (exact) mass is 478 g/mol. The van der Waals surface area contributed by atoms with Crippen molar-refractivity contribution in [2.75, 3.05) is 23.8 Å². The van der Waals surface area contributed by atoms with Crippen molar-refractivity contribution in [1.29, 1.82) is 0 Å². The van der Waals surface area contributed by atoms with Gasteiger partial charge in [0.2, 0.25) is 5.91 Å². The predicted molar refractivity (Wildman–Crippen MR) is 129 cm³/mol. The van der Waals surface area contributed by atoms with Crippen LogP contribution in [0.1, 0.15) is 46.6 Å². The first-order valence-corrected chi connectivity index (χ1v) is 13.8. The molecule has 1 unspecified atom stereocenters. The number of amides is 1. The van der Waals surface area contributed by atoms with Crippen molar-refractivity contribution in [3.63, 3.8) is 0 Å². The van der Waals surface area contributed by atoms with Gasteiger partial charge >= 0.3 is 0 Å². The Morgan fingerprint density at radius 3 is 2.41 bits per heavy atom. The van der Waals surface area contributed by atoms with Crippen molar-refractivity contribution in [2.45, 2.75) is 57.7 Å². The van der Waals surface area contributed by atoms with Crippen molar-refractivity contribution < 1.29 is 13.2 Å². The molecule has 176 valence electrons. The van der Waals surface area contributed by atoms with Gasteiger partial charge in [0.1, 0.15) is 0 Å². The van der Waals surface area contributed by atoms with E-state index in [2.05, 4.69) is 55.2 Å². The molecule has 1 aromatic carbocycles. The van der Waals surface area contributed by atoms with E-state index in [1.807, 2.05) is 25.5 Å². The average Bonchev–Trinajstić information content (AvgIpc) is 3.25. The quantitative estimate of drug-likeness (QED) is 0.566. The number of hydrogen-bond donors (Lipinski definition) is 0. The maximum atomic E-state index is 13.0. The summed E-state index contributed by atoms with van der Waals surface area (Å²) in [6.07, 6.45) is 0.518. The zero-order valence-corrected chi connectivity index (χ0v) is 21.5. The highest BCUT2D eigenvalue weighted by molar-refractivity contribution is 7.99. The fraction of sp³-hybridized carbons (Fsp3) is 0.609. The lowest BCUT2D eigenvalue weighted by atomic mass is 9.87. The zero-order chi connectivity index (χ0) is 23.7. The van der Waals surface area contributed by atoms with Crippen LogP contribution in [0.25, 0.3) is 11.4 Å². The summed E-state index contributed by atoms with van der Waals surface area (Å²) in [5.41, 5.74) is 2.31. The molecule has 1 aliphatic rings. The van der Waals surface area contributed by atoms with Crippen LogP contribution in [0.4, 0.5) is 0 Å². The second-order valence-corrected chi connectivity index (χ2v) is 13.1. The van der Waals surface area contributed by atoms with Gasteiger partial charge in [-0.2, -0.15) is 0 Å². The number of rotatable bonds is 7. The predicted octanol–water partition coefficient (Wildman–Crippen LogP) is 3.54. The van der Waals surface area contributed by atoms with Crippen LogP contribution in [-0.4, -0.2) is 63.8 Å². The van der Waals surface area contributed by atoms with Gasteiger partial charge in [0.15, 0.2) is 20.8 Å². The maximum Gasteiger partial charge on any atom is 0.233 e. The van der Waals surface area contributed by atoms with Gasteiger partial charge in [-0.1, -0.05) is 70.6 Å². The van der Waals surface area contributed by atoms with E-state index in [1.54, 1.807) is 4.90 Å². The van der Waals surface area contributed by atoms with Crippen LogP contribution < -0.4 is 0 Å². The number of carbonyl (C=O) groups is 1. The van der Waals surface area contributed by atoms with Crippen molar-refractivity contribution in [3.8, 4) is 11.4 Å². The van der Waals surface area contributed by atoms with Crippen LogP contribution in [0.2, 0.25) is 0 Å². The minimum absolute atomic E-state index is 0.0510. The minimum Gasteiger partial charge on any atom is -0.338 e. The molecule has 1 saturated heterocycles. The highest BCUT2D eigenvalue weighted by atomic mass is 32.2. The Bertz CT molecular complexity index is 1050. The van der Waals surface area contributed by atoms with Gasteiger partial charge in [-0.15, -0.1) is 10.2 Å². The molecule has 9 heteroatoms. The van der Waals surface area contributed by atoms with Gasteiger partial charge in [-0.25, -0.2) is 8.42 Å². The standard InChI is InChI=1S/C23H34N4O3S2/c1-16(2)13-27(19-11-12-32(29,30)15-19)20(28)14-31-22-25-24-21(26(22)6)17-7-9-18(10-8-17)23(3,4)5/h7-10,16,19H,11-15H2,1-6H3. The first-order chi connectivity index (χ1) is 14.9. The largest absolute Gasteiger partial charge is 0.338 e. The Balaban J connectivity index is 1.70. The third-order valence-electron chi connectivity index (χ3n) is 5.70. The molecule has 1 amide bonds. The van der Waals surface area contributed by atoms with Gasteiger partial charge < -0.3 is 9.47 Å². The Hall–Kier alpha value is -1.87. The highest BCUT2D eigenvalue weighted by Gasteiger charge is 2.35. The van der Waals surface area contributed by atoms with Gasteiger partial charge in [-0.3, -0.25) is 4.79 Å². The normalized spacial score (nSPS) is 18.3. The number of thioether (sulfide) groups is 1. The number of carbonyl (C=O) groups excluding carboxylic acids is 1. The van der Waals surface area contributed by atoms with Crippen LogP contribution >= 0.6 is 11.8 Å². The summed E-state index contributed by atoms with van der Waals surface area (Å²) >= 11 is 1.34. The number of hydrogen-bond acceptors (Lipinski definition) is 6. The van der Waals surface area contributed by atoms with Crippen molar-refractivity contribution in [3.05, 3.63) is 29.8 Å². The van der Waals surface area contributed by atoms with Gasteiger partial charge in [0.25, 0.3) is 0 Å². The SMILES string of the molecule is CC(C)CN(C(=O)CSc1nnc(-c2ccc(C(C)(C)C)cc2)n1C)C1CCS(=O)(=O)C1. The second kappa shape index (κ2) is 9.55. The van der Waals surface area contributed by atoms with Crippen molar-refractivity contribution >= 4 is 27.5 Å². The van der Waals surface area contributed by atoms with E-state index in [4.69, 9.17) is 0 Å². The van der Waals surface area contributed by atoms with Crippen LogP contribution in [0.3, 0.4) is 0 Å². The number of nitrogens with zero attached hydrogens (tertiary/aromatic N) is 4. The molecule has 0 aliphatic carbocycles. The molecule has 1 aliphatic heterocycles. The van der Waals surface area contributed by atoms with Gasteiger partial charge in [0.05, 0.1) is 17.3 Å².